The summed E-state index contributed by atoms with van der Waals surface area (Å²) in [6, 6.07) is 18.5. The molecule has 1 fully saturated rings. The topological polar surface area (TPSA) is 73.1 Å². The van der Waals surface area contributed by atoms with Crippen molar-refractivity contribution in [2.45, 2.75) is 20.4 Å². The van der Waals surface area contributed by atoms with E-state index < -0.39 is 0 Å². The molecule has 0 atom stereocenters. The predicted octanol–water partition coefficient (Wildman–Crippen LogP) is 5.51. The van der Waals surface area contributed by atoms with Crippen LogP contribution in [0.3, 0.4) is 0 Å². The van der Waals surface area contributed by atoms with Gasteiger partial charge in [-0.2, -0.15) is 4.98 Å². The van der Waals surface area contributed by atoms with E-state index in [0.29, 0.717) is 27.2 Å². The summed E-state index contributed by atoms with van der Waals surface area (Å²) in [6.07, 6.45) is 3.17. The van der Waals surface area contributed by atoms with Crippen LogP contribution in [0, 0.1) is 13.8 Å². The quantitative estimate of drug-likeness (QED) is 0.241. The molecule has 1 amide bonds. The standard InChI is InChI=1S/C28H23N3O4S2/c1-17-7-12-22(18(2)14-17)35-25-21(26(32)30-13-5-4-6-24(30)29-25)15-23-27(33)31(28(36)37-23)16-19-8-10-20(34-3)11-9-19/h4-15H,16H2,1-3H3/b23-15+. The number of rotatable bonds is 6. The fraction of sp³-hybridized carbons (Fsp3) is 0.143. The van der Waals surface area contributed by atoms with Crippen LogP contribution in [-0.2, 0) is 11.3 Å². The van der Waals surface area contributed by atoms with Crippen LogP contribution >= 0.6 is 24.0 Å². The summed E-state index contributed by atoms with van der Waals surface area (Å²) in [5.41, 5.74) is 3.18. The summed E-state index contributed by atoms with van der Waals surface area (Å²) in [6.45, 7) is 4.24. The Kier molecular flexibility index (Phi) is 6.82. The molecule has 7 nitrogen and oxygen atoms in total. The van der Waals surface area contributed by atoms with Crippen LogP contribution in [0.2, 0.25) is 0 Å². The number of fused-ring (bicyclic) bond motifs is 1. The monoisotopic (exact) mass is 529 g/mol. The Labute approximate surface area is 223 Å². The van der Waals surface area contributed by atoms with Crippen LogP contribution < -0.4 is 15.0 Å². The van der Waals surface area contributed by atoms with Crippen molar-refractivity contribution in [2.75, 3.05) is 7.11 Å². The van der Waals surface area contributed by atoms with Gasteiger partial charge in [0, 0.05) is 6.20 Å². The van der Waals surface area contributed by atoms with Crippen molar-refractivity contribution in [1.29, 1.82) is 0 Å². The summed E-state index contributed by atoms with van der Waals surface area (Å²) in [5, 5.41) is 0. The minimum Gasteiger partial charge on any atom is -0.497 e. The van der Waals surface area contributed by atoms with Gasteiger partial charge in [0.2, 0.25) is 5.88 Å². The highest BCUT2D eigenvalue weighted by molar-refractivity contribution is 8.26. The van der Waals surface area contributed by atoms with Crippen molar-refractivity contribution < 1.29 is 14.3 Å². The Bertz CT molecular complexity index is 1630. The number of aryl methyl sites for hydroxylation is 2. The Morgan fingerprint density at radius 2 is 1.84 bits per heavy atom. The van der Waals surface area contributed by atoms with Crippen molar-refractivity contribution in [2.24, 2.45) is 0 Å². The van der Waals surface area contributed by atoms with Crippen LogP contribution in [0.1, 0.15) is 22.3 Å². The zero-order valence-electron chi connectivity index (χ0n) is 20.4. The van der Waals surface area contributed by atoms with Gasteiger partial charge in [-0.15, -0.1) is 0 Å². The third-order valence-electron chi connectivity index (χ3n) is 5.92. The zero-order valence-corrected chi connectivity index (χ0v) is 22.1. The number of ether oxygens (including phenoxy) is 2. The van der Waals surface area contributed by atoms with Gasteiger partial charge in [-0.3, -0.25) is 18.9 Å². The lowest BCUT2D eigenvalue weighted by molar-refractivity contribution is -0.122. The number of methoxy groups -OCH3 is 1. The van der Waals surface area contributed by atoms with Crippen molar-refractivity contribution in [3.05, 3.63) is 104 Å². The maximum Gasteiger partial charge on any atom is 0.269 e. The molecule has 2 aromatic carbocycles. The molecule has 0 aliphatic carbocycles. The number of carbonyl (C=O) groups excluding carboxylic acids is 1. The molecule has 0 spiro atoms. The van der Waals surface area contributed by atoms with Gasteiger partial charge in [-0.25, -0.2) is 0 Å². The van der Waals surface area contributed by atoms with Crippen LogP contribution in [0.25, 0.3) is 11.7 Å². The maximum atomic E-state index is 13.5. The second-order valence-electron chi connectivity index (χ2n) is 8.55. The molecule has 0 unspecified atom stereocenters. The molecule has 4 aromatic rings. The number of amides is 1. The van der Waals surface area contributed by atoms with Crippen molar-refractivity contribution in [3.8, 4) is 17.4 Å². The van der Waals surface area contributed by atoms with Gasteiger partial charge in [0.25, 0.3) is 11.5 Å². The normalized spacial score (nSPS) is 14.6. The number of thioether (sulfide) groups is 1. The molecule has 0 N–H and O–H groups in total. The Morgan fingerprint density at radius 1 is 1.05 bits per heavy atom. The van der Waals surface area contributed by atoms with Crippen molar-refractivity contribution >= 4 is 45.9 Å². The molecule has 1 saturated heterocycles. The first-order valence-electron chi connectivity index (χ1n) is 11.5. The fourth-order valence-corrected chi connectivity index (χ4v) is 5.22. The van der Waals surface area contributed by atoms with E-state index in [1.807, 2.05) is 56.3 Å². The van der Waals surface area contributed by atoms with Crippen molar-refractivity contribution in [3.63, 3.8) is 0 Å². The van der Waals surface area contributed by atoms with E-state index in [1.165, 1.54) is 15.4 Å². The maximum absolute atomic E-state index is 13.5. The van der Waals surface area contributed by atoms with Gasteiger partial charge in [0.05, 0.1) is 18.6 Å². The number of carbonyl (C=O) groups is 1. The third-order valence-corrected chi connectivity index (χ3v) is 7.30. The summed E-state index contributed by atoms with van der Waals surface area (Å²) in [4.78, 5) is 33.3. The first kappa shape index (κ1) is 24.7. The van der Waals surface area contributed by atoms with Crippen LogP contribution in [0.4, 0.5) is 0 Å². The van der Waals surface area contributed by atoms with E-state index >= 15 is 0 Å². The molecule has 186 valence electrons. The molecule has 0 radical (unpaired) electrons. The van der Waals surface area contributed by atoms with E-state index in [2.05, 4.69) is 4.98 Å². The highest BCUT2D eigenvalue weighted by Gasteiger charge is 2.33. The predicted molar refractivity (Wildman–Crippen MR) is 149 cm³/mol. The molecular weight excluding hydrogens is 506 g/mol. The lowest BCUT2D eigenvalue weighted by Crippen LogP contribution is -2.27. The molecule has 1 aliphatic rings. The van der Waals surface area contributed by atoms with Crippen LogP contribution in [0.5, 0.6) is 17.4 Å². The molecule has 0 saturated carbocycles. The third kappa shape index (κ3) is 5.00. The van der Waals surface area contributed by atoms with E-state index in [9.17, 15) is 9.59 Å². The number of thiocarbonyl (C=S) groups is 1. The van der Waals surface area contributed by atoms with Crippen molar-refractivity contribution in [1.82, 2.24) is 14.3 Å². The largest absolute Gasteiger partial charge is 0.497 e. The molecular formula is C28H23N3O4S2. The lowest BCUT2D eigenvalue weighted by atomic mass is 10.1. The number of pyridine rings is 1. The molecule has 3 heterocycles. The first-order chi connectivity index (χ1) is 17.8. The van der Waals surface area contributed by atoms with Gasteiger partial charge >= 0.3 is 0 Å². The number of hydrogen-bond donors (Lipinski definition) is 0. The average molecular weight is 530 g/mol. The summed E-state index contributed by atoms with van der Waals surface area (Å²) >= 11 is 6.66. The summed E-state index contributed by atoms with van der Waals surface area (Å²) in [5.74, 6) is 1.17. The Hall–Kier alpha value is -3.95. The molecule has 1 aliphatic heterocycles. The summed E-state index contributed by atoms with van der Waals surface area (Å²) < 4.78 is 13.2. The van der Waals surface area contributed by atoms with E-state index in [4.69, 9.17) is 21.7 Å². The molecule has 9 heteroatoms. The van der Waals surface area contributed by atoms with Gasteiger partial charge < -0.3 is 9.47 Å². The van der Waals surface area contributed by atoms with Gasteiger partial charge in [0.1, 0.15) is 27.0 Å². The second-order valence-corrected chi connectivity index (χ2v) is 10.2. The molecule has 0 bridgehead atoms. The molecule has 2 aromatic heterocycles. The van der Waals surface area contributed by atoms with Gasteiger partial charge in [-0.05, 0) is 61.4 Å². The zero-order chi connectivity index (χ0) is 26.1. The Morgan fingerprint density at radius 3 is 2.57 bits per heavy atom. The van der Waals surface area contributed by atoms with E-state index in [1.54, 1.807) is 31.5 Å². The highest BCUT2D eigenvalue weighted by Crippen LogP contribution is 2.35. The number of benzene rings is 2. The minimum absolute atomic E-state index is 0.128. The van der Waals surface area contributed by atoms with Crippen LogP contribution in [-0.4, -0.2) is 31.6 Å². The number of aromatic nitrogens is 2. The van der Waals surface area contributed by atoms with Gasteiger partial charge in [-0.1, -0.05) is 59.9 Å². The highest BCUT2D eigenvalue weighted by atomic mass is 32.2. The smallest absolute Gasteiger partial charge is 0.269 e. The average Bonchev–Trinajstić information content (AvgIpc) is 3.15. The van der Waals surface area contributed by atoms with Crippen LogP contribution in [0.15, 0.2) is 76.6 Å². The Balaban J connectivity index is 1.54. The SMILES string of the molecule is COc1ccc(CN2C(=O)/C(=C\c3c(Oc4ccc(C)cc4C)nc4ccccn4c3=O)SC2=S)cc1. The van der Waals surface area contributed by atoms with E-state index in [0.717, 1.165) is 34.2 Å². The summed E-state index contributed by atoms with van der Waals surface area (Å²) in [7, 11) is 1.60. The molecule has 37 heavy (non-hydrogen) atoms. The number of nitrogens with zero attached hydrogens (tertiary/aromatic N) is 3. The van der Waals surface area contributed by atoms with E-state index in [-0.39, 0.29) is 22.9 Å². The first-order valence-corrected chi connectivity index (χ1v) is 12.7. The lowest BCUT2D eigenvalue weighted by Gasteiger charge is -2.15. The molecule has 5 rings (SSSR count). The number of hydrogen-bond acceptors (Lipinski definition) is 7. The second kappa shape index (κ2) is 10.2. The van der Waals surface area contributed by atoms with Gasteiger partial charge in [0.15, 0.2) is 0 Å². The fourth-order valence-electron chi connectivity index (χ4n) is 3.98. The minimum atomic E-state index is -0.342.